The van der Waals surface area contributed by atoms with Gasteiger partial charge in [-0.15, -0.1) is 5.10 Å². The minimum atomic E-state index is -0.464. The van der Waals surface area contributed by atoms with Gasteiger partial charge in [-0.1, -0.05) is 0 Å². The van der Waals surface area contributed by atoms with E-state index in [1.807, 2.05) is 0 Å². The highest BCUT2D eigenvalue weighted by Gasteiger charge is 2.13. The quantitative estimate of drug-likeness (QED) is 0.643. The lowest BCUT2D eigenvalue weighted by Crippen LogP contribution is -2.34. The molecule has 0 fully saturated rings. The highest BCUT2D eigenvalue weighted by Crippen LogP contribution is 1.92. The molecule has 7 nitrogen and oxygen atoms in total. The van der Waals surface area contributed by atoms with E-state index in [4.69, 9.17) is 9.47 Å². The summed E-state index contributed by atoms with van der Waals surface area (Å²) >= 11 is 0. The normalized spacial score (nSPS) is 10.7. The molecular formula is C8H14N4O3. The van der Waals surface area contributed by atoms with Crippen molar-refractivity contribution in [1.82, 2.24) is 20.5 Å². The van der Waals surface area contributed by atoms with Crippen molar-refractivity contribution in [2.75, 3.05) is 20.8 Å². The summed E-state index contributed by atoms with van der Waals surface area (Å²) in [5.41, 5.74) is 0. The Morgan fingerprint density at radius 1 is 1.53 bits per heavy atom. The third-order valence-corrected chi connectivity index (χ3v) is 1.76. The first-order valence-electron chi connectivity index (χ1n) is 4.40. The van der Waals surface area contributed by atoms with E-state index in [1.165, 1.54) is 14.2 Å². The summed E-state index contributed by atoms with van der Waals surface area (Å²) in [7, 11) is 2.99. The molecule has 1 heterocycles. The molecule has 0 atom stereocenters. The molecule has 1 rings (SSSR count). The lowest BCUT2D eigenvalue weighted by Gasteiger charge is -2.12. The fourth-order valence-corrected chi connectivity index (χ4v) is 0.962. The monoisotopic (exact) mass is 214 g/mol. The van der Waals surface area contributed by atoms with E-state index < -0.39 is 6.29 Å². The van der Waals surface area contributed by atoms with Gasteiger partial charge in [-0.25, -0.2) is 4.98 Å². The van der Waals surface area contributed by atoms with Crippen LogP contribution in [0.4, 0.5) is 0 Å². The van der Waals surface area contributed by atoms with Crippen molar-refractivity contribution in [1.29, 1.82) is 0 Å². The number of nitrogens with one attached hydrogen (secondary N) is 2. The highest BCUT2D eigenvalue weighted by molar-refractivity contribution is 5.90. The van der Waals surface area contributed by atoms with Crippen LogP contribution in [0, 0.1) is 6.92 Å². The van der Waals surface area contributed by atoms with Gasteiger partial charge < -0.3 is 14.8 Å². The number of aryl methyl sites for hydroxylation is 1. The van der Waals surface area contributed by atoms with Crippen LogP contribution in [0.15, 0.2) is 0 Å². The first-order valence-corrected chi connectivity index (χ1v) is 4.40. The summed E-state index contributed by atoms with van der Waals surface area (Å²) in [6, 6.07) is 0. The van der Waals surface area contributed by atoms with Gasteiger partial charge in [0.25, 0.3) is 5.91 Å². The molecule has 0 radical (unpaired) electrons. The Labute approximate surface area is 87.2 Å². The third-order valence-electron chi connectivity index (χ3n) is 1.76. The molecule has 0 spiro atoms. The molecule has 0 saturated heterocycles. The average Bonchev–Trinajstić information content (AvgIpc) is 2.66. The number of H-pyrrole nitrogens is 1. The summed E-state index contributed by atoms with van der Waals surface area (Å²) in [5.74, 6) is 0.340. The minimum Gasteiger partial charge on any atom is -0.354 e. The Balaban J connectivity index is 2.42. The first-order chi connectivity index (χ1) is 7.17. The number of hydrogen-bond donors (Lipinski definition) is 2. The predicted octanol–water partition coefficient (Wildman–Crippen LogP) is -0.538. The maximum atomic E-state index is 11.4. The van der Waals surface area contributed by atoms with Crippen molar-refractivity contribution >= 4 is 5.91 Å². The van der Waals surface area contributed by atoms with Crippen molar-refractivity contribution in [3.63, 3.8) is 0 Å². The molecule has 0 saturated carbocycles. The minimum absolute atomic E-state index is 0.110. The SMILES string of the molecule is COC(CNC(=O)c1n[nH]c(C)n1)OC. The summed E-state index contributed by atoms with van der Waals surface area (Å²) in [6.45, 7) is 1.97. The molecule has 1 amide bonds. The second-order valence-electron chi connectivity index (χ2n) is 2.86. The molecule has 0 aliphatic carbocycles. The molecule has 0 aliphatic heterocycles. The Morgan fingerprint density at radius 2 is 2.20 bits per heavy atom. The number of carbonyl (C=O) groups is 1. The molecule has 84 valence electrons. The van der Waals surface area contributed by atoms with Crippen LogP contribution in [-0.4, -0.2) is 48.1 Å². The Morgan fingerprint density at radius 3 is 2.67 bits per heavy atom. The standard InChI is InChI=1S/C8H14N4O3/c1-5-10-7(12-11-5)8(13)9-4-6(14-2)15-3/h6H,4H2,1-3H3,(H,9,13)(H,10,11,12). The van der Waals surface area contributed by atoms with Gasteiger partial charge in [0, 0.05) is 14.2 Å². The summed E-state index contributed by atoms with van der Waals surface area (Å²) in [5, 5.41) is 8.88. The molecule has 1 aromatic rings. The number of ether oxygens (including phenoxy) is 2. The lowest BCUT2D eigenvalue weighted by atomic mass is 10.5. The molecule has 0 aliphatic rings. The van der Waals surface area contributed by atoms with Gasteiger partial charge in [-0.2, -0.15) is 0 Å². The number of nitrogens with zero attached hydrogens (tertiary/aromatic N) is 2. The second kappa shape index (κ2) is 5.42. The molecular weight excluding hydrogens is 200 g/mol. The van der Waals surface area contributed by atoms with Crippen molar-refractivity contribution in [3.8, 4) is 0 Å². The maximum Gasteiger partial charge on any atom is 0.291 e. The maximum absolute atomic E-state index is 11.4. The van der Waals surface area contributed by atoms with Gasteiger partial charge in [0.2, 0.25) is 5.82 Å². The van der Waals surface area contributed by atoms with Crippen LogP contribution in [0.25, 0.3) is 0 Å². The van der Waals surface area contributed by atoms with E-state index in [9.17, 15) is 4.79 Å². The molecule has 0 bridgehead atoms. The topological polar surface area (TPSA) is 89.1 Å². The van der Waals surface area contributed by atoms with Gasteiger partial charge in [-0.05, 0) is 6.92 Å². The van der Waals surface area contributed by atoms with Crippen LogP contribution < -0.4 is 5.32 Å². The highest BCUT2D eigenvalue weighted by atomic mass is 16.7. The Hall–Kier alpha value is -1.47. The van der Waals surface area contributed by atoms with Gasteiger partial charge in [0.05, 0.1) is 6.54 Å². The second-order valence-corrected chi connectivity index (χ2v) is 2.86. The Kier molecular flexibility index (Phi) is 4.19. The summed E-state index contributed by atoms with van der Waals surface area (Å²) < 4.78 is 9.81. The Bertz CT molecular complexity index is 321. The summed E-state index contributed by atoms with van der Waals surface area (Å²) in [4.78, 5) is 15.3. The molecule has 7 heteroatoms. The number of hydrogen-bond acceptors (Lipinski definition) is 5. The van der Waals surface area contributed by atoms with E-state index in [-0.39, 0.29) is 18.3 Å². The fraction of sp³-hybridized carbons (Fsp3) is 0.625. The molecule has 1 aromatic heterocycles. The van der Waals surface area contributed by atoms with Gasteiger partial charge in [0.1, 0.15) is 5.82 Å². The summed E-state index contributed by atoms with van der Waals surface area (Å²) in [6.07, 6.45) is -0.464. The van der Waals surface area contributed by atoms with E-state index in [0.717, 1.165) is 0 Å². The van der Waals surface area contributed by atoms with E-state index >= 15 is 0 Å². The number of carbonyl (C=O) groups excluding carboxylic acids is 1. The van der Waals surface area contributed by atoms with Crippen LogP contribution in [-0.2, 0) is 9.47 Å². The molecule has 0 aromatic carbocycles. The zero-order chi connectivity index (χ0) is 11.3. The average molecular weight is 214 g/mol. The number of aromatic nitrogens is 3. The van der Waals surface area contributed by atoms with Gasteiger partial charge in [-0.3, -0.25) is 9.89 Å². The van der Waals surface area contributed by atoms with E-state index in [1.54, 1.807) is 6.92 Å². The molecule has 2 N–H and O–H groups in total. The van der Waals surface area contributed by atoms with Gasteiger partial charge >= 0.3 is 0 Å². The van der Waals surface area contributed by atoms with Crippen molar-refractivity contribution in [2.45, 2.75) is 13.2 Å². The number of rotatable bonds is 5. The first kappa shape index (κ1) is 11.6. The van der Waals surface area contributed by atoms with Gasteiger partial charge in [0.15, 0.2) is 6.29 Å². The fourth-order valence-electron chi connectivity index (χ4n) is 0.962. The van der Waals surface area contributed by atoms with E-state index in [0.29, 0.717) is 5.82 Å². The lowest BCUT2D eigenvalue weighted by molar-refractivity contribution is -0.0974. The van der Waals surface area contributed by atoms with Crippen LogP contribution in [0.1, 0.15) is 16.4 Å². The third kappa shape index (κ3) is 3.30. The number of aromatic amines is 1. The van der Waals surface area contributed by atoms with Crippen molar-refractivity contribution in [3.05, 3.63) is 11.6 Å². The van der Waals surface area contributed by atoms with Crippen LogP contribution in [0.3, 0.4) is 0 Å². The molecule has 15 heavy (non-hydrogen) atoms. The largest absolute Gasteiger partial charge is 0.354 e. The zero-order valence-corrected chi connectivity index (χ0v) is 8.90. The molecule has 0 unspecified atom stereocenters. The van der Waals surface area contributed by atoms with Crippen LogP contribution in [0.5, 0.6) is 0 Å². The van der Waals surface area contributed by atoms with E-state index in [2.05, 4.69) is 20.5 Å². The predicted molar refractivity (Wildman–Crippen MR) is 51.3 cm³/mol. The van der Waals surface area contributed by atoms with Crippen molar-refractivity contribution in [2.24, 2.45) is 0 Å². The van der Waals surface area contributed by atoms with Crippen molar-refractivity contribution < 1.29 is 14.3 Å². The van der Waals surface area contributed by atoms with Crippen LogP contribution >= 0.6 is 0 Å². The number of amides is 1. The zero-order valence-electron chi connectivity index (χ0n) is 8.90. The number of methoxy groups -OCH3 is 2. The van der Waals surface area contributed by atoms with Crippen LogP contribution in [0.2, 0.25) is 0 Å². The smallest absolute Gasteiger partial charge is 0.291 e.